The van der Waals surface area contributed by atoms with Crippen molar-refractivity contribution >= 4 is 11.8 Å². The predicted octanol–water partition coefficient (Wildman–Crippen LogP) is 1.35. The minimum Gasteiger partial charge on any atom is -0.481 e. The van der Waals surface area contributed by atoms with Gasteiger partial charge in [0.15, 0.2) is 5.82 Å². The molecule has 0 fully saturated rings. The molecule has 0 aliphatic heterocycles. The number of aromatic nitrogens is 2. The fourth-order valence-electron chi connectivity index (χ4n) is 1.06. The second-order valence-corrected chi connectivity index (χ2v) is 3.01. The van der Waals surface area contributed by atoms with Crippen molar-refractivity contribution in [1.29, 1.82) is 0 Å². The summed E-state index contributed by atoms with van der Waals surface area (Å²) in [6, 6.07) is 0. The molecule has 1 aromatic rings. The number of halogens is 2. The highest BCUT2D eigenvalue weighted by molar-refractivity contribution is 5.66. The number of rotatable bonds is 7. The Morgan fingerprint density at radius 1 is 1.47 bits per heavy atom. The summed E-state index contributed by atoms with van der Waals surface area (Å²) in [6.07, 6.45) is 2.87. The number of hydrogen-bond acceptors (Lipinski definition) is 5. The monoisotopic (exact) mass is 247 g/mol. The third kappa shape index (κ3) is 5.05. The molecule has 1 heterocycles. The molecule has 0 atom stereocenters. The molecule has 1 rings (SSSR count). The summed E-state index contributed by atoms with van der Waals surface area (Å²) in [5.74, 6) is -1.16. The molecule has 0 spiro atoms. The number of carbonyl (C=O) groups is 1. The fourth-order valence-corrected chi connectivity index (χ4v) is 1.06. The van der Waals surface area contributed by atoms with Crippen molar-refractivity contribution in [3.05, 3.63) is 12.4 Å². The number of alkyl halides is 2. The van der Waals surface area contributed by atoms with Crippen LogP contribution in [-0.2, 0) is 4.79 Å². The lowest BCUT2D eigenvalue weighted by atomic mass is 10.3. The van der Waals surface area contributed by atoms with E-state index in [0.717, 1.165) is 0 Å². The SMILES string of the molecule is O=C(O)CCCNc1nccnc1OC(F)F. The van der Waals surface area contributed by atoms with E-state index in [0.29, 0.717) is 6.42 Å². The van der Waals surface area contributed by atoms with Crippen LogP contribution in [0.5, 0.6) is 5.88 Å². The van der Waals surface area contributed by atoms with Gasteiger partial charge in [-0.05, 0) is 6.42 Å². The lowest BCUT2D eigenvalue weighted by Gasteiger charge is -2.09. The quantitative estimate of drug-likeness (QED) is 0.707. The standard InChI is InChI=1S/C9H11F2N3O3/c10-9(11)17-8-7(13-4-5-14-8)12-3-1-2-6(15)16/h4-5,9H,1-3H2,(H,12,13)(H,15,16). The van der Waals surface area contributed by atoms with Crippen LogP contribution >= 0.6 is 0 Å². The van der Waals surface area contributed by atoms with Gasteiger partial charge in [-0.25, -0.2) is 9.97 Å². The summed E-state index contributed by atoms with van der Waals surface area (Å²) in [5, 5.41) is 11.1. The number of nitrogens with zero attached hydrogens (tertiary/aromatic N) is 2. The third-order valence-corrected chi connectivity index (χ3v) is 1.73. The van der Waals surface area contributed by atoms with E-state index >= 15 is 0 Å². The molecule has 0 unspecified atom stereocenters. The Bertz CT molecular complexity index is 376. The summed E-state index contributed by atoms with van der Waals surface area (Å²) in [7, 11) is 0. The van der Waals surface area contributed by atoms with Gasteiger partial charge in [0, 0.05) is 25.4 Å². The second-order valence-electron chi connectivity index (χ2n) is 3.01. The summed E-state index contributed by atoms with van der Waals surface area (Å²) < 4.78 is 28.1. The van der Waals surface area contributed by atoms with E-state index in [2.05, 4.69) is 20.0 Å². The van der Waals surface area contributed by atoms with Crippen molar-refractivity contribution in [1.82, 2.24) is 9.97 Å². The Kier molecular flexibility index (Phi) is 5.05. The smallest absolute Gasteiger partial charge is 0.388 e. The highest BCUT2D eigenvalue weighted by atomic mass is 19.3. The molecule has 8 heteroatoms. The first-order valence-corrected chi connectivity index (χ1v) is 4.81. The van der Waals surface area contributed by atoms with Gasteiger partial charge in [0.2, 0.25) is 0 Å². The van der Waals surface area contributed by atoms with Gasteiger partial charge in [0.1, 0.15) is 0 Å². The van der Waals surface area contributed by atoms with E-state index in [1.165, 1.54) is 12.4 Å². The maximum atomic E-state index is 12.0. The van der Waals surface area contributed by atoms with Crippen molar-refractivity contribution in [3.63, 3.8) is 0 Å². The summed E-state index contributed by atoms with van der Waals surface area (Å²) in [5.41, 5.74) is 0. The number of anilines is 1. The Labute approximate surface area is 95.6 Å². The molecule has 6 nitrogen and oxygen atoms in total. The molecule has 1 aromatic heterocycles. The van der Waals surface area contributed by atoms with Crippen LogP contribution in [0.15, 0.2) is 12.4 Å². The lowest BCUT2D eigenvalue weighted by Crippen LogP contribution is -2.11. The predicted molar refractivity (Wildman–Crippen MR) is 54.0 cm³/mol. The van der Waals surface area contributed by atoms with Crippen LogP contribution in [0.1, 0.15) is 12.8 Å². The van der Waals surface area contributed by atoms with Crippen LogP contribution in [0.4, 0.5) is 14.6 Å². The molecule has 0 aromatic carbocycles. The van der Waals surface area contributed by atoms with Gasteiger partial charge in [-0.2, -0.15) is 8.78 Å². The number of ether oxygens (including phenoxy) is 1. The van der Waals surface area contributed by atoms with E-state index in [-0.39, 0.29) is 24.7 Å². The van der Waals surface area contributed by atoms with Gasteiger partial charge < -0.3 is 15.2 Å². The molecular weight excluding hydrogens is 236 g/mol. The van der Waals surface area contributed by atoms with Crippen LogP contribution in [-0.4, -0.2) is 34.2 Å². The summed E-state index contributed by atoms with van der Waals surface area (Å²) in [4.78, 5) is 17.6. The third-order valence-electron chi connectivity index (χ3n) is 1.73. The molecule has 0 bridgehead atoms. The fraction of sp³-hybridized carbons (Fsp3) is 0.444. The Balaban J connectivity index is 2.49. The van der Waals surface area contributed by atoms with Gasteiger partial charge in [-0.15, -0.1) is 0 Å². The van der Waals surface area contributed by atoms with E-state index in [4.69, 9.17) is 5.11 Å². The molecule has 0 saturated carbocycles. The van der Waals surface area contributed by atoms with Crippen LogP contribution in [0.25, 0.3) is 0 Å². The first-order valence-electron chi connectivity index (χ1n) is 4.81. The zero-order valence-corrected chi connectivity index (χ0v) is 8.77. The zero-order chi connectivity index (χ0) is 12.7. The second kappa shape index (κ2) is 6.56. The van der Waals surface area contributed by atoms with Gasteiger partial charge >= 0.3 is 12.6 Å². The van der Waals surface area contributed by atoms with Gasteiger partial charge in [-0.1, -0.05) is 0 Å². The average Bonchev–Trinajstić information content (AvgIpc) is 2.25. The van der Waals surface area contributed by atoms with E-state index in [1.807, 2.05) is 0 Å². The van der Waals surface area contributed by atoms with Gasteiger partial charge in [-0.3, -0.25) is 4.79 Å². The average molecular weight is 247 g/mol. The molecular formula is C9H11F2N3O3. The van der Waals surface area contributed by atoms with Crippen LogP contribution in [0.2, 0.25) is 0 Å². The van der Waals surface area contributed by atoms with Crippen molar-refractivity contribution in [2.45, 2.75) is 19.5 Å². The van der Waals surface area contributed by atoms with E-state index in [1.54, 1.807) is 0 Å². The van der Waals surface area contributed by atoms with Crippen molar-refractivity contribution < 1.29 is 23.4 Å². The van der Waals surface area contributed by atoms with Crippen molar-refractivity contribution in [2.75, 3.05) is 11.9 Å². The molecule has 0 amide bonds. The first-order chi connectivity index (χ1) is 8.09. The zero-order valence-electron chi connectivity index (χ0n) is 8.77. The number of nitrogens with one attached hydrogen (secondary N) is 1. The van der Waals surface area contributed by atoms with E-state index < -0.39 is 12.6 Å². The summed E-state index contributed by atoms with van der Waals surface area (Å²) >= 11 is 0. The molecule has 17 heavy (non-hydrogen) atoms. The van der Waals surface area contributed by atoms with Crippen LogP contribution < -0.4 is 10.1 Å². The van der Waals surface area contributed by atoms with Crippen molar-refractivity contribution in [3.8, 4) is 5.88 Å². The molecule has 94 valence electrons. The van der Waals surface area contributed by atoms with Crippen LogP contribution in [0, 0.1) is 0 Å². The van der Waals surface area contributed by atoms with Gasteiger partial charge in [0.25, 0.3) is 5.88 Å². The largest absolute Gasteiger partial charge is 0.481 e. The van der Waals surface area contributed by atoms with Gasteiger partial charge in [0.05, 0.1) is 0 Å². The van der Waals surface area contributed by atoms with Crippen molar-refractivity contribution in [2.24, 2.45) is 0 Å². The van der Waals surface area contributed by atoms with Crippen LogP contribution in [0.3, 0.4) is 0 Å². The molecule has 0 aliphatic rings. The normalized spacial score (nSPS) is 10.3. The lowest BCUT2D eigenvalue weighted by molar-refractivity contribution is -0.137. The highest BCUT2D eigenvalue weighted by Gasteiger charge is 2.11. The number of carboxylic acid groups (broad SMARTS) is 1. The number of hydrogen-bond donors (Lipinski definition) is 2. The topological polar surface area (TPSA) is 84.3 Å². The first kappa shape index (κ1) is 13.1. The Morgan fingerprint density at radius 2 is 2.18 bits per heavy atom. The summed E-state index contributed by atoms with van der Waals surface area (Å²) in [6.45, 7) is -2.70. The molecule has 0 aliphatic carbocycles. The minimum absolute atomic E-state index is 0.0156. The Morgan fingerprint density at radius 3 is 2.82 bits per heavy atom. The molecule has 0 saturated heterocycles. The number of aliphatic carboxylic acids is 1. The number of carboxylic acids is 1. The molecule has 0 radical (unpaired) electrons. The molecule has 2 N–H and O–H groups in total. The van der Waals surface area contributed by atoms with E-state index in [9.17, 15) is 13.6 Å². The Hall–Kier alpha value is -1.99. The highest BCUT2D eigenvalue weighted by Crippen LogP contribution is 2.19. The maximum Gasteiger partial charge on any atom is 0.388 e. The minimum atomic E-state index is -2.98. The maximum absolute atomic E-state index is 12.0.